The quantitative estimate of drug-likeness (QED) is 0.469. The molecule has 2 aromatic rings. The predicted octanol–water partition coefficient (Wildman–Crippen LogP) is 1.24. The van der Waals surface area contributed by atoms with Crippen LogP contribution in [0.3, 0.4) is 0 Å². The molecule has 1 unspecified atom stereocenters. The third kappa shape index (κ3) is 4.61. The Hall–Kier alpha value is -3.20. The van der Waals surface area contributed by atoms with Gasteiger partial charge in [-0.15, -0.1) is 11.3 Å². The van der Waals surface area contributed by atoms with E-state index in [9.17, 15) is 10.5 Å². The van der Waals surface area contributed by atoms with E-state index in [1.54, 1.807) is 11.3 Å². The van der Waals surface area contributed by atoms with Crippen molar-refractivity contribution in [1.82, 2.24) is 20.2 Å². The van der Waals surface area contributed by atoms with Crippen LogP contribution in [0.25, 0.3) is 0 Å². The lowest BCUT2D eigenvalue weighted by Crippen LogP contribution is -2.59. The van der Waals surface area contributed by atoms with Crippen molar-refractivity contribution in [1.29, 1.82) is 10.5 Å². The number of hydrogen-bond donors (Lipinski definition) is 2. The Balaban J connectivity index is 1.09. The summed E-state index contributed by atoms with van der Waals surface area (Å²) in [6.45, 7) is 8.95. The monoisotopic (exact) mass is 603 g/mol. The van der Waals surface area contributed by atoms with Gasteiger partial charge in [-0.3, -0.25) is 4.90 Å². The molecule has 1 spiro atoms. The van der Waals surface area contributed by atoms with Crippen LogP contribution in [0.1, 0.15) is 40.8 Å². The maximum atomic E-state index is 10.5. The highest BCUT2D eigenvalue weighted by atomic mass is 32.1. The first kappa shape index (κ1) is 27.4. The molecule has 7 heterocycles. The molecule has 5 saturated heterocycles. The van der Waals surface area contributed by atoms with Crippen LogP contribution in [-0.4, -0.2) is 106 Å². The van der Waals surface area contributed by atoms with Crippen molar-refractivity contribution in [3.63, 3.8) is 0 Å². The lowest BCUT2D eigenvalue weighted by molar-refractivity contribution is -0.150. The number of aryl methyl sites for hydroxylation is 1. The summed E-state index contributed by atoms with van der Waals surface area (Å²) in [5.41, 5.74) is 8.23. The number of rotatable bonds is 7. The van der Waals surface area contributed by atoms with Crippen molar-refractivity contribution < 1.29 is 14.2 Å². The van der Waals surface area contributed by atoms with Gasteiger partial charge in [0.15, 0.2) is 11.6 Å². The van der Waals surface area contributed by atoms with Gasteiger partial charge in [0.25, 0.3) is 0 Å². The molecule has 5 aliphatic heterocycles. The average Bonchev–Trinajstić information content (AvgIpc) is 3.63. The normalized spacial score (nSPS) is 26.8. The van der Waals surface area contributed by atoms with E-state index >= 15 is 0 Å². The van der Waals surface area contributed by atoms with Gasteiger partial charge in [0.05, 0.1) is 37.4 Å². The number of nitrogen functional groups attached to an aromatic ring is 1. The Labute approximate surface area is 255 Å². The standard InChI is InChI=1S/C30H37N9O3S/c31-9-21-24-23(43-25(21)33)3-4-30(24)14-39(15-30)27-22(10-32)26(38-11-19-1-2-20(12-38)34-19)35-28(36-27)42-18-29(16-41-17-29)13-37-5-7-40-8-6-37/h19-20,34H,1-8,11-18,33H2/t19-,20?/m0/s1. The zero-order chi connectivity index (χ0) is 29.2. The Morgan fingerprint density at radius 3 is 2.35 bits per heavy atom. The third-order valence-electron chi connectivity index (χ3n) is 10.2. The predicted molar refractivity (Wildman–Crippen MR) is 161 cm³/mol. The van der Waals surface area contributed by atoms with Gasteiger partial charge in [-0.1, -0.05) is 0 Å². The van der Waals surface area contributed by atoms with Crippen LogP contribution in [0.2, 0.25) is 0 Å². The molecule has 13 heteroatoms. The molecule has 2 aromatic heterocycles. The van der Waals surface area contributed by atoms with E-state index in [1.807, 2.05) is 0 Å². The highest BCUT2D eigenvalue weighted by Gasteiger charge is 2.52. The number of thiophene rings is 1. The van der Waals surface area contributed by atoms with Crippen molar-refractivity contribution in [2.45, 2.75) is 43.2 Å². The number of fused-ring (bicyclic) bond motifs is 4. The minimum absolute atomic E-state index is 0.114. The average molecular weight is 604 g/mol. The smallest absolute Gasteiger partial charge is 0.320 e. The number of nitrogens with zero attached hydrogens (tertiary/aromatic N) is 7. The van der Waals surface area contributed by atoms with Crippen molar-refractivity contribution in [3.05, 3.63) is 21.6 Å². The number of nitrogens with two attached hydrogens (primary N) is 1. The maximum Gasteiger partial charge on any atom is 0.320 e. The molecule has 226 valence electrons. The molecule has 12 nitrogen and oxygen atoms in total. The zero-order valence-electron chi connectivity index (χ0n) is 24.3. The van der Waals surface area contributed by atoms with Gasteiger partial charge in [0, 0.05) is 68.2 Å². The van der Waals surface area contributed by atoms with Gasteiger partial charge in [-0.2, -0.15) is 20.5 Å². The fourth-order valence-corrected chi connectivity index (χ4v) is 9.19. The molecule has 5 fully saturated rings. The van der Waals surface area contributed by atoms with Gasteiger partial charge in [-0.05, 0) is 31.2 Å². The van der Waals surface area contributed by atoms with E-state index < -0.39 is 0 Å². The fraction of sp³-hybridized carbons (Fsp3) is 0.667. The number of aromatic nitrogens is 2. The lowest BCUT2D eigenvalue weighted by Gasteiger charge is -2.49. The fourth-order valence-electron chi connectivity index (χ4n) is 8.05. The molecular formula is C30H37N9O3S. The van der Waals surface area contributed by atoms with E-state index in [1.165, 1.54) is 4.88 Å². The molecule has 0 saturated carbocycles. The number of morpholine rings is 1. The second-order valence-electron chi connectivity index (χ2n) is 13.2. The van der Waals surface area contributed by atoms with Crippen LogP contribution >= 0.6 is 11.3 Å². The molecule has 3 N–H and O–H groups in total. The molecule has 0 radical (unpaired) electrons. The van der Waals surface area contributed by atoms with Crippen LogP contribution in [0.15, 0.2) is 0 Å². The first-order valence-electron chi connectivity index (χ1n) is 15.4. The molecular weight excluding hydrogens is 566 g/mol. The van der Waals surface area contributed by atoms with Gasteiger partial charge in [-0.25, -0.2) is 0 Å². The summed E-state index contributed by atoms with van der Waals surface area (Å²) < 4.78 is 17.6. The lowest BCUT2D eigenvalue weighted by atomic mass is 9.74. The number of nitriles is 2. The topological polar surface area (TPSA) is 149 Å². The minimum Gasteiger partial charge on any atom is -0.463 e. The summed E-state index contributed by atoms with van der Waals surface area (Å²) in [5.74, 6) is 1.29. The zero-order valence-corrected chi connectivity index (χ0v) is 25.1. The molecule has 43 heavy (non-hydrogen) atoms. The van der Waals surface area contributed by atoms with E-state index in [-0.39, 0.29) is 10.8 Å². The molecule has 2 atom stereocenters. The summed E-state index contributed by atoms with van der Waals surface area (Å²) >= 11 is 1.55. The Kier molecular flexibility index (Phi) is 6.65. The largest absolute Gasteiger partial charge is 0.463 e. The number of anilines is 3. The highest BCUT2D eigenvalue weighted by Crippen LogP contribution is 2.53. The summed E-state index contributed by atoms with van der Waals surface area (Å²) in [5, 5.41) is 24.7. The van der Waals surface area contributed by atoms with Crippen LogP contribution in [0.5, 0.6) is 6.01 Å². The van der Waals surface area contributed by atoms with Crippen LogP contribution in [0.4, 0.5) is 16.6 Å². The van der Waals surface area contributed by atoms with Crippen molar-refractivity contribution in [3.8, 4) is 18.1 Å². The second-order valence-corrected chi connectivity index (χ2v) is 14.4. The Bertz CT molecular complexity index is 1490. The first-order valence-corrected chi connectivity index (χ1v) is 16.2. The second kappa shape index (κ2) is 10.5. The van der Waals surface area contributed by atoms with Gasteiger partial charge < -0.3 is 35.1 Å². The number of nitrogens with one attached hydrogen (secondary N) is 1. The summed E-state index contributed by atoms with van der Waals surface area (Å²) in [4.78, 5) is 17.9. The summed E-state index contributed by atoms with van der Waals surface area (Å²) in [7, 11) is 0. The highest BCUT2D eigenvalue weighted by molar-refractivity contribution is 7.16. The van der Waals surface area contributed by atoms with Crippen molar-refractivity contribution in [2.24, 2.45) is 5.41 Å². The summed E-state index contributed by atoms with van der Waals surface area (Å²) in [6, 6.07) is 5.94. The van der Waals surface area contributed by atoms with Crippen LogP contribution in [-0.2, 0) is 21.3 Å². The first-order chi connectivity index (χ1) is 21.0. The molecule has 1 aliphatic carbocycles. The van der Waals surface area contributed by atoms with E-state index in [4.69, 9.17) is 29.9 Å². The number of ether oxygens (including phenoxy) is 3. The molecule has 8 rings (SSSR count). The van der Waals surface area contributed by atoms with Crippen LogP contribution in [0, 0.1) is 28.1 Å². The SMILES string of the molecule is N#Cc1c(N2CC3CC[C@@H](C2)N3)nc(OCC2(CN3CCOCC3)COC2)nc1N1CC2(CCc3sc(N)c(C#N)c32)C1. The van der Waals surface area contributed by atoms with Crippen LogP contribution < -0.4 is 25.6 Å². The van der Waals surface area contributed by atoms with Gasteiger partial charge >= 0.3 is 6.01 Å². The Morgan fingerprint density at radius 1 is 1.00 bits per heavy atom. The van der Waals surface area contributed by atoms with E-state index in [2.05, 4.69) is 32.2 Å². The molecule has 0 aromatic carbocycles. The van der Waals surface area contributed by atoms with Gasteiger partial charge in [0.2, 0.25) is 0 Å². The maximum absolute atomic E-state index is 10.5. The van der Waals surface area contributed by atoms with E-state index in [0.717, 1.165) is 77.2 Å². The summed E-state index contributed by atoms with van der Waals surface area (Å²) in [6.07, 6.45) is 4.19. The number of hydrogen-bond acceptors (Lipinski definition) is 13. The van der Waals surface area contributed by atoms with Crippen molar-refractivity contribution >= 4 is 28.0 Å². The van der Waals surface area contributed by atoms with Gasteiger partial charge in [0.1, 0.15) is 29.3 Å². The van der Waals surface area contributed by atoms with E-state index in [0.29, 0.717) is 78.8 Å². The molecule has 2 bridgehead atoms. The minimum atomic E-state index is -0.132. The Morgan fingerprint density at radius 2 is 1.70 bits per heavy atom. The molecule has 0 amide bonds. The third-order valence-corrected chi connectivity index (χ3v) is 11.3. The number of piperazine rings is 1. The molecule has 6 aliphatic rings. The van der Waals surface area contributed by atoms with Crippen molar-refractivity contribution in [2.75, 3.05) is 94.4 Å².